The van der Waals surface area contributed by atoms with Gasteiger partial charge < -0.3 is 10.5 Å². The lowest BCUT2D eigenvalue weighted by Crippen LogP contribution is -2.02. The van der Waals surface area contributed by atoms with E-state index in [0.717, 1.165) is 5.56 Å². The quantitative estimate of drug-likeness (QED) is 0.432. The van der Waals surface area contributed by atoms with E-state index in [0.29, 0.717) is 23.1 Å². The summed E-state index contributed by atoms with van der Waals surface area (Å²) in [6.45, 7) is 0.415. The van der Waals surface area contributed by atoms with Crippen molar-refractivity contribution in [3.63, 3.8) is 0 Å². The number of nitrogens with two attached hydrogens (primary N) is 1. The molecule has 3 rings (SSSR count). The van der Waals surface area contributed by atoms with Crippen molar-refractivity contribution in [1.29, 1.82) is 0 Å². The van der Waals surface area contributed by atoms with Crippen molar-refractivity contribution in [1.82, 2.24) is 14.8 Å². The molecule has 0 amide bonds. The third-order valence-corrected chi connectivity index (χ3v) is 3.48. The molecule has 1 heterocycles. The largest absolute Gasteiger partial charge is 0.457 e. The van der Waals surface area contributed by atoms with Crippen molar-refractivity contribution in [3.05, 3.63) is 69.8 Å². The van der Waals surface area contributed by atoms with Crippen LogP contribution in [0.2, 0.25) is 5.02 Å². The molecular formula is C15H12ClN5O3. The van der Waals surface area contributed by atoms with Crippen LogP contribution in [0.15, 0.2) is 49.1 Å². The first-order chi connectivity index (χ1) is 11.5. The van der Waals surface area contributed by atoms with E-state index in [4.69, 9.17) is 22.1 Å². The normalized spacial score (nSPS) is 10.5. The van der Waals surface area contributed by atoms with Crippen LogP contribution in [0.1, 0.15) is 5.56 Å². The molecule has 0 spiro atoms. The average molecular weight is 346 g/mol. The fraction of sp³-hybridized carbons (Fsp3) is 0.0667. The van der Waals surface area contributed by atoms with E-state index in [9.17, 15) is 10.1 Å². The number of ether oxygens (including phenoxy) is 1. The highest BCUT2D eigenvalue weighted by Crippen LogP contribution is 2.32. The molecule has 0 bridgehead atoms. The number of hydrogen-bond acceptors (Lipinski definition) is 6. The van der Waals surface area contributed by atoms with Crippen molar-refractivity contribution in [3.8, 4) is 11.5 Å². The summed E-state index contributed by atoms with van der Waals surface area (Å²) in [6, 6.07) is 9.36. The van der Waals surface area contributed by atoms with E-state index in [2.05, 4.69) is 10.1 Å². The minimum Gasteiger partial charge on any atom is -0.457 e. The van der Waals surface area contributed by atoms with Crippen LogP contribution >= 0.6 is 11.6 Å². The van der Waals surface area contributed by atoms with Gasteiger partial charge in [0.25, 0.3) is 5.69 Å². The van der Waals surface area contributed by atoms with Gasteiger partial charge in [0.1, 0.15) is 29.8 Å². The van der Waals surface area contributed by atoms with Gasteiger partial charge in [0.2, 0.25) is 0 Å². The van der Waals surface area contributed by atoms with Crippen LogP contribution in [0.4, 0.5) is 11.4 Å². The Kier molecular flexibility index (Phi) is 4.30. The highest BCUT2D eigenvalue weighted by Gasteiger charge is 2.13. The van der Waals surface area contributed by atoms with E-state index in [1.165, 1.54) is 24.5 Å². The lowest BCUT2D eigenvalue weighted by atomic mass is 10.2. The zero-order chi connectivity index (χ0) is 17.1. The molecule has 0 fully saturated rings. The summed E-state index contributed by atoms with van der Waals surface area (Å²) in [5.74, 6) is 0.934. The molecule has 2 aromatic carbocycles. The van der Waals surface area contributed by atoms with Crippen molar-refractivity contribution in [2.75, 3.05) is 5.73 Å². The van der Waals surface area contributed by atoms with Gasteiger partial charge in [-0.1, -0.05) is 11.6 Å². The summed E-state index contributed by atoms with van der Waals surface area (Å²) in [5.41, 5.74) is 6.33. The Bertz CT molecular complexity index is 883. The SMILES string of the molecule is Nc1cc(Oc2ccc(Cl)cc2Cn2cncn2)ccc1[N+](=O)[O-]. The van der Waals surface area contributed by atoms with E-state index < -0.39 is 4.92 Å². The average Bonchev–Trinajstić information content (AvgIpc) is 3.03. The Morgan fingerprint density at radius 1 is 1.29 bits per heavy atom. The first-order valence-corrected chi connectivity index (χ1v) is 7.23. The van der Waals surface area contributed by atoms with E-state index in [1.54, 1.807) is 29.2 Å². The molecule has 0 radical (unpaired) electrons. The Hall–Kier alpha value is -3.13. The van der Waals surface area contributed by atoms with Gasteiger partial charge in [-0.25, -0.2) is 9.67 Å². The molecule has 122 valence electrons. The second kappa shape index (κ2) is 6.55. The Labute approximate surface area is 141 Å². The van der Waals surface area contributed by atoms with Gasteiger partial charge in [-0.15, -0.1) is 0 Å². The number of hydrogen-bond donors (Lipinski definition) is 1. The van der Waals surface area contributed by atoms with Crippen molar-refractivity contribution in [2.45, 2.75) is 6.54 Å². The van der Waals surface area contributed by atoms with Crippen LogP contribution < -0.4 is 10.5 Å². The maximum Gasteiger partial charge on any atom is 0.292 e. The summed E-state index contributed by atoms with van der Waals surface area (Å²) in [7, 11) is 0. The first kappa shape index (κ1) is 15.8. The van der Waals surface area contributed by atoms with Gasteiger partial charge >= 0.3 is 0 Å². The minimum atomic E-state index is -0.544. The standard InChI is InChI=1S/C15H12ClN5O3/c16-11-1-4-15(10(5-11)7-20-9-18-8-19-20)24-12-2-3-14(21(22)23)13(17)6-12/h1-6,8-9H,7,17H2. The van der Waals surface area contributed by atoms with Crippen LogP contribution in [-0.4, -0.2) is 19.7 Å². The van der Waals surface area contributed by atoms with Gasteiger partial charge in [0.05, 0.1) is 11.5 Å². The molecule has 0 saturated carbocycles. The maximum atomic E-state index is 10.8. The molecule has 8 nitrogen and oxygen atoms in total. The zero-order valence-electron chi connectivity index (χ0n) is 12.3. The monoisotopic (exact) mass is 345 g/mol. The second-order valence-electron chi connectivity index (χ2n) is 4.92. The first-order valence-electron chi connectivity index (χ1n) is 6.85. The predicted molar refractivity (Wildman–Crippen MR) is 88.2 cm³/mol. The lowest BCUT2D eigenvalue weighted by Gasteiger charge is -2.12. The molecule has 0 aliphatic heterocycles. The van der Waals surface area contributed by atoms with Crippen LogP contribution in [0.5, 0.6) is 11.5 Å². The number of nitrogens with zero attached hydrogens (tertiary/aromatic N) is 4. The van der Waals surface area contributed by atoms with Crippen molar-refractivity contribution >= 4 is 23.0 Å². The fourth-order valence-corrected chi connectivity index (χ4v) is 2.34. The summed E-state index contributed by atoms with van der Waals surface area (Å²) in [4.78, 5) is 14.2. The molecule has 24 heavy (non-hydrogen) atoms. The van der Waals surface area contributed by atoms with Crippen LogP contribution in [0, 0.1) is 10.1 Å². The lowest BCUT2D eigenvalue weighted by molar-refractivity contribution is -0.383. The summed E-state index contributed by atoms with van der Waals surface area (Å²) < 4.78 is 7.43. The number of rotatable bonds is 5. The number of nitro benzene ring substituents is 1. The van der Waals surface area contributed by atoms with Crippen LogP contribution in [-0.2, 0) is 6.54 Å². The second-order valence-corrected chi connectivity index (χ2v) is 5.36. The Morgan fingerprint density at radius 3 is 2.79 bits per heavy atom. The van der Waals surface area contributed by atoms with Crippen LogP contribution in [0.3, 0.4) is 0 Å². The molecule has 3 aromatic rings. The Balaban J connectivity index is 1.89. The van der Waals surface area contributed by atoms with E-state index >= 15 is 0 Å². The maximum absolute atomic E-state index is 10.8. The van der Waals surface area contributed by atoms with Crippen molar-refractivity contribution in [2.24, 2.45) is 0 Å². The van der Waals surface area contributed by atoms with Gasteiger partial charge in [0, 0.05) is 22.7 Å². The molecular weight excluding hydrogens is 334 g/mol. The highest BCUT2D eigenvalue weighted by atomic mass is 35.5. The van der Waals surface area contributed by atoms with E-state index in [1.807, 2.05) is 0 Å². The minimum absolute atomic E-state index is 0.0317. The topological polar surface area (TPSA) is 109 Å². The van der Waals surface area contributed by atoms with E-state index in [-0.39, 0.29) is 11.4 Å². The fourth-order valence-electron chi connectivity index (χ4n) is 2.15. The Morgan fingerprint density at radius 2 is 2.12 bits per heavy atom. The van der Waals surface area contributed by atoms with Crippen molar-refractivity contribution < 1.29 is 9.66 Å². The smallest absolute Gasteiger partial charge is 0.292 e. The predicted octanol–water partition coefficient (Wildman–Crippen LogP) is 3.26. The summed E-state index contributed by atoms with van der Waals surface area (Å²) in [5, 5.41) is 15.4. The molecule has 0 unspecified atom stereocenters. The number of benzene rings is 2. The molecule has 1 aromatic heterocycles. The molecule has 2 N–H and O–H groups in total. The van der Waals surface area contributed by atoms with Gasteiger partial charge in [-0.2, -0.15) is 5.10 Å². The highest BCUT2D eigenvalue weighted by molar-refractivity contribution is 6.30. The zero-order valence-corrected chi connectivity index (χ0v) is 13.1. The van der Waals surface area contributed by atoms with Gasteiger partial charge in [0.15, 0.2) is 0 Å². The number of nitrogen functional groups attached to an aromatic ring is 1. The van der Waals surface area contributed by atoms with Crippen LogP contribution in [0.25, 0.3) is 0 Å². The van der Waals surface area contributed by atoms with Gasteiger partial charge in [-0.3, -0.25) is 10.1 Å². The third kappa shape index (κ3) is 3.44. The summed E-state index contributed by atoms with van der Waals surface area (Å²) in [6.07, 6.45) is 3.01. The molecule has 0 atom stereocenters. The number of nitro groups is 1. The summed E-state index contributed by atoms with van der Waals surface area (Å²) >= 11 is 6.05. The molecule has 0 aliphatic carbocycles. The number of halogens is 1. The molecule has 0 saturated heterocycles. The number of anilines is 1. The third-order valence-electron chi connectivity index (χ3n) is 3.24. The molecule has 0 aliphatic rings. The molecule has 9 heteroatoms. The number of aromatic nitrogens is 3. The van der Waals surface area contributed by atoms with Gasteiger partial charge in [-0.05, 0) is 24.3 Å².